The topological polar surface area (TPSA) is 85.8 Å². The van der Waals surface area contributed by atoms with Gasteiger partial charge in [-0.05, 0) is 23.6 Å². The van der Waals surface area contributed by atoms with E-state index in [1.165, 1.54) is 12.5 Å². The van der Waals surface area contributed by atoms with E-state index in [0.29, 0.717) is 26.2 Å². The predicted octanol–water partition coefficient (Wildman–Crippen LogP) is 1.91. The first-order chi connectivity index (χ1) is 14.6. The lowest BCUT2D eigenvalue weighted by atomic mass is 9.96. The van der Waals surface area contributed by atoms with Crippen LogP contribution in [0.1, 0.15) is 24.5 Å². The van der Waals surface area contributed by atoms with Crippen molar-refractivity contribution in [1.82, 2.24) is 15.5 Å². The van der Waals surface area contributed by atoms with Gasteiger partial charge in [-0.15, -0.1) is 0 Å². The molecule has 1 saturated heterocycles. The van der Waals surface area contributed by atoms with Crippen LogP contribution in [-0.2, 0) is 22.7 Å². The fraction of sp³-hybridized carbons (Fsp3) is 0.348. The van der Waals surface area contributed by atoms with Crippen LogP contribution in [0, 0.1) is 0 Å². The molecule has 7 nitrogen and oxygen atoms in total. The lowest BCUT2D eigenvalue weighted by Crippen LogP contribution is -2.55. The molecule has 2 aromatic rings. The summed E-state index contributed by atoms with van der Waals surface area (Å²) >= 11 is 0. The normalized spacial score (nSPS) is 21.8. The Labute approximate surface area is 176 Å². The molecule has 1 atom stereocenters. The van der Waals surface area contributed by atoms with Gasteiger partial charge in [0.05, 0.1) is 18.6 Å². The van der Waals surface area contributed by atoms with E-state index in [0.717, 1.165) is 23.5 Å². The number of rotatable bonds is 4. The third-order valence-corrected chi connectivity index (χ3v) is 5.71. The summed E-state index contributed by atoms with van der Waals surface area (Å²) in [6.07, 6.45) is 0.757. The van der Waals surface area contributed by atoms with E-state index in [1.54, 1.807) is 4.90 Å². The Morgan fingerprint density at radius 3 is 2.70 bits per heavy atom. The zero-order valence-electron chi connectivity index (χ0n) is 17.1. The van der Waals surface area contributed by atoms with Crippen molar-refractivity contribution < 1.29 is 9.59 Å². The van der Waals surface area contributed by atoms with Crippen LogP contribution in [0.5, 0.6) is 0 Å². The van der Waals surface area contributed by atoms with Gasteiger partial charge >= 0.3 is 0 Å². The molecule has 0 bridgehead atoms. The van der Waals surface area contributed by atoms with Gasteiger partial charge in [-0.3, -0.25) is 19.9 Å². The highest BCUT2D eigenvalue weighted by Gasteiger charge is 2.45. The molecule has 0 radical (unpaired) electrons. The molecule has 4 rings (SSSR count). The number of hydrogen-bond acceptors (Lipinski definition) is 4. The summed E-state index contributed by atoms with van der Waals surface area (Å²) < 4.78 is 0. The minimum Gasteiger partial charge on any atom is -0.347 e. The molecule has 1 fully saturated rings. The van der Waals surface area contributed by atoms with Crippen LogP contribution in [0.3, 0.4) is 0 Å². The average molecular weight is 406 g/mol. The van der Waals surface area contributed by atoms with Crippen molar-refractivity contribution in [2.24, 2.45) is 4.99 Å². The monoisotopic (exact) mass is 405 g/mol. The second-order valence-corrected chi connectivity index (χ2v) is 7.84. The van der Waals surface area contributed by atoms with Crippen molar-refractivity contribution in [3.05, 3.63) is 65.7 Å². The number of amides is 2. The second-order valence-electron chi connectivity index (χ2n) is 7.84. The third-order valence-electron chi connectivity index (χ3n) is 5.71. The minimum absolute atomic E-state index is 0.0234. The maximum Gasteiger partial charge on any atom is 0.242 e. The van der Waals surface area contributed by atoms with Crippen molar-refractivity contribution in [1.29, 1.82) is 0 Å². The van der Waals surface area contributed by atoms with Crippen molar-refractivity contribution >= 4 is 23.3 Å². The van der Waals surface area contributed by atoms with Crippen molar-refractivity contribution in [3.63, 3.8) is 0 Å². The number of fused-ring (bicyclic) bond motifs is 1. The molecule has 0 saturated carbocycles. The summed E-state index contributed by atoms with van der Waals surface area (Å²) in [5, 5.41) is 9.83. The molecule has 2 aliphatic rings. The van der Waals surface area contributed by atoms with Crippen LogP contribution >= 0.6 is 0 Å². The summed E-state index contributed by atoms with van der Waals surface area (Å²) in [5.74, 6) is 0.575. The Balaban J connectivity index is 1.59. The number of hydrogen-bond donors (Lipinski definition) is 3. The largest absolute Gasteiger partial charge is 0.347 e. The number of amidine groups is 1. The van der Waals surface area contributed by atoms with E-state index in [4.69, 9.17) is 4.99 Å². The van der Waals surface area contributed by atoms with Gasteiger partial charge in [0, 0.05) is 32.2 Å². The van der Waals surface area contributed by atoms with Crippen molar-refractivity contribution in [2.45, 2.75) is 32.0 Å². The first kappa shape index (κ1) is 20.1. The lowest BCUT2D eigenvalue weighted by molar-refractivity contribution is -0.131. The number of carbonyl (C=O) groups is 2. The third kappa shape index (κ3) is 4.36. The second kappa shape index (κ2) is 8.67. The summed E-state index contributed by atoms with van der Waals surface area (Å²) in [6.45, 7) is 3.83. The molecular formula is C23H27N5O2. The van der Waals surface area contributed by atoms with Crippen LogP contribution in [0.15, 0.2) is 59.6 Å². The van der Waals surface area contributed by atoms with Crippen molar-refractivity contribution in [3.8, 4) is 0 Å². The molecular weight excluding hydrogens is 378 g/mol. The quantitative estimate of drug-likeness (QED) is 0.725. The summed E-state index contributed by atoms with van der Waals surface area (Å²) in [4.78, 5) is 30.5. The molecule has 7 heteroatoms. The SMILES string of the molecule is CC(=O)NCC(=O)N1CC[C@]2(C1)NCc1ccccc1NC2=NCc1ccccc1. The van der Waals surface area contributed by atoms with Crippen LogP contribution < -0.4 is 16.0 Å². The number of carbonyl (C=O) groups excluding carboxylic acids is 2. The number of anilines is 1. The van der Waals surface area contributed by atoms with Gasteiger partial charge in [-0.25, -0.2) is 0 Å². The zero-order valence-corrected chi connectivity index (χ0v) is 17.1. The number of para-hydroxylation sites is 1. The maximum atomic E-state index is 12.6. The van der Waals surface area contributed by atoms with Gasteiger partial charge in [0.2, 0.25) is 11.8 Å². The Kier molecular flexibility index (Phi) is 5.81. The maximum absolute atomic E-state index is 12.6. The van der Waals surface area contributed by atoms with E-state index in [2.05, 4.69) is 40.2 Å². The Bertz CT molecular complexity index is 959. The van der Waals surface area contributed by atoms with Crippen LogP contribution in [-0.4, -0.2) is 47.7 Å². The fourth-order valence-electron chi connectivity index (χ4n) is 4.01. The number of nitrogens with zero attached hydrogens (tertiary/aromatic N) is 2. The van der Waals surface area contributed by atoms with E-state index in [9.17, 15) is 9.59 Å². The van der Waals surface area contributed by atoms with E-state index in [-0.39, 0.29) is 18.4 Å². The van der Waals surface area contributed by atoms with Crippen LogP contribution in [0.2, 0.25) is 0 Å². The van der Waals surface area contributed by atoms with Gasteiger partial charge in [-0.1, -0.05) is 48.5 Å². The Morgan fingerprint density at radius 2 is 1.90 bits per heavy atom. The highest BCUT2D eigenvalue weighted by atomic mass is 16.2. The molecule has 0 aromatic heterocycles. The molecule has 1 spiro atoms. The van der Waals surface area contributed by atoms with E-state index >= 15 is 0 Å². The van der Waals surface area contributed by atoms with Gasteiger partial charge in [-0.2, -0.15) is 0 Å². The first-order valence-electron chi connectivity index (χ1n) is 10.3. The van der Waals surface area contributed by atoms with Gasteiger partial charge in [0.1, 0.15) is 5.84 Å². The van der Waals surface area contributed by atoms with Gasteiger partial charge < -0.3 is 15.5 Å². The summed E-state index contributed by atoms with van der Waals surface area (Å²) in [7, 11) is 0. The zero-order chi connectivity index (χ0) is 21.0. The smallest absolute Gasteiger partial charge is 0.242 e. The lowest BCUT2D eigenvalue weighted by Gasteiger charge is -2.30. The molecule has 2 aliphatic heterocycles. The Morgan fingerprint density at radius 1 is 1.13 bits per heavy atom. The molecule has 3 N–H and O–H groups in total. The van der Waals surface area contributed by atoms with Crippen molar-refractivity contribution in [2.75, 3.05) is 25.0 Å². The van der Waals surface area contributed by atoms with Crippen LogP contribution in [0.4, 0.5) is 5.69 Å². The van der Waals surface area contributed by atoms with Crippen LogP contribution in [0.25, 0.3) is 0 Å². The molecule has 2 aromatic carbocycles. The molecule has 2 amide bonds. The van der Waals surface area contributed by atoms with E-state index in [1.807, 2.05) is 30.3 Å². The molecule has 0 unspecified atom stereocenters. The average Bonchev–Trinajstić information content (AvgIpc) is 3.13. The van der Waals surface area contributed by atoms with E-state index < -0.39 is 5.54 Å². The highest BCUT2D eigenvalue weighted by Crippen LogP contribution is 2.29. The molecule has 2 heterocycles. The molecule has 156 valence electrons. The first-order valence-corrected chi connectivity index (χ1v) is 10.3. The summed E-state index contributed by atoms with van der Waals surface area (Å²) in [6, 6.07) is 18.3. The fourth-order valence-corrected chi connectivity index (χ4v) is 4.01. The highest BCUT2D eigenvalue weighted by molar-refractivity contribution is 6.04. The number of nitrogens with one attached hydrogen (secondary N) is 3. The van der Waals surface area contributed by atoms with Gasteiger partial charge in [0.25, 0.3) is 0 Å². The summed E-state index contributed by atoms with van der Waals surface area (Å²) in [5.41, 5.74) is 2.90. The standard InChI is InChI=1S/C23H27N5O2/c1-17(29)24-15-21(30)28-12-11-23(16-28)22(25-13-18-7-3-2-4-8-18)27-20-10-6-5-9-19(20)14-26-23/h2-10,26H,11-16H2,1H3,(H,24,29)(H,25,27)/t23-/m1/s1. The number of benzene rings is 2. The Hall–Kier alpha value is -3.19. The predicted molar refractivity (Wildman–Crippen MR) is 117 cm³/mol. The number of likely N-dealkylation sites (tertiary alicyclic amines) is 1. The minimum atomic E-state index is -0.445. The molecule has 30 heavy (non-hydrogen) atoms. The molecule has 0 aliphatic carbocycles. The van der Waals surface area contributed by atoms with Gasteiger partial charge in [0.15, 0.2) is 0 Å². The number of aliphatic imine (C=N–C) groups is 1.